The molecule has 134 valence electrons. The predicted octanol–water partition coefficient (Wildman–Crippen LogP) is 4.03. The Balaban J connectivity index is 1.80. The molecule has 1 saturated heterocycles. The molecule has 1 aliphatic heterocycles. The van der Waals surface area contributed by atoms with E-state index in [9.17, 15) is 9.59 Å². The predicted molar refractivity (Wildman–Crippen MR) is 99.4 cm³/mol. The maximum atomic E-state index is 13.3. The summed E-state index contributed by atoms with van der Waals surface area (Å²) in [6, 6.07) is 16.0. The Labute approximate surface area is 153 Å². The van der Waals surface area contributed by atoms with Crippen LogP contribution < -0.4 is 0 Å². The van der Waals surface area contributed by atoms with Crippen molar-refractivity contribution in [2.45, 2.75) is 44.1 Å². The average molecular weight is 349 g/mol. The molecule has 1 unspecified atom stereocenters. The van der Waals surface area contributed by atoms with Crippen LogP contribution in [0.4, 0.5) is 0 Å². The number of hydrogen-bond donors (Lipinski definition) is 0. The van der Waals surface area contributed by atoms with Crippen LogP contribution in [0, 0.1) is 6.92 Å². The van der Waals surface area contributed by atoms with Gasteiger partial charge < -0.3 is 0 Å². The molecule has 1 atom stereocenters. The standard InChI is InChI=1S/C22H23NO3/c1-15-10-11-17(16-8-4-3-5-9-16)14-18(15)19-20(24)22(12-6-7-13-22)26-23(2)21(19)25/h3-5,8-11,14,19H,6-7,12-13H2,1-2H3. The highest BCUT2D eigenvalue weighted by Crippen LogP contribution is 2.43. The second-order valence-corrected chi connectivity index (χ2v) is 7.36. The van der Waals surface area contributed by atoms with Gasteiger partial charge in [0.1, 0.15) is 5.92 Å². The van der Waals surface area contributed by atoms with Crippen LogP contribution in [0.3, 0.4) is 0 Å². The van der Waals surface area contributed by atoms with Crippen molar-refractivity contribution >= 4 is 11.7 Å². The van der Waals surface area contributed by atoms with Crippen LogP contribution in [0.25, 0.3) is 11.1 Å². The Morgan fingerprint density at radius 2 is 1.69 bits per heavy atom. The quantitative estimate of drug-likeness (QED) is 0.769. The van der Waals surface area contributed by atoms with Gasteiger partial charge in [-0.3, -0.25) is 14.4 Å². The molecule has 1 heterocycles. The summed E-state index contributed by atoms with van der Waals surface area (Å²) >= 11 is 0. The van der Waals surface area contributed by atoms with Gasteiger partial charge in [-0.2, -0.15) is 0 Å². The second kappa shape index (κ2) is 6.36. The summed E-state index contributed by atoms with van der Waals surface area (Å²) in [6.45, 7) is 1.96. The minimum Gasteiger partial charge on any atom is -0.295 e. The first-order chi connectivity index (χ1) is 12.5. The molecular formula is C22H23NO3. The molecule has 2 aliphatic rings. The van der Waals surface area contributed by atoms with Gasteiger partial charge in [0.15, 0.2) is 11.4 Å². The van der Waals surface area contributed by atoms with Crippen molar-refractivity contribution in [1.29, 1.82) is 0 Å². The summed E-state index contributed by atoms with van der Waals surface area (Å²) in [5, 5.41) is 1.28. The zero-order valence-electron chi connectivity index (χ0n) is 15.2. The lowest BCUT2D eigenvalue weighted by molar-refractivity contribution is -0.240. The number of amides is 1. The van der Waals surface area contributed by atoms with Gasteiger partial charge in [0.2, 0.25) is 0 Å². The van der Waals surface area contributed by atoms with Gasteiger partial charge in [-0.1, -0.05) is 42.5 Å². The Morgan fingerprint density at radius 1 is 1.00 bits per heavy atom. The largest absolute Gasteiger partial charge is 0.295 e. The lowest BCUT2D eigenvalue weighted by atomic mass is 9.79. The van der Waals surface area contributed by atoms with Crippen molar-refractivity contribution in [3.05, 3.63) is 59.7 Å². The fourth-order valence-electron chi connectivity index (χ4n) is 4.23. The van der Waals surface area contributed by atoms with Crippen molar-refractivity contribution < 1.29 is 14.4 Å². The number of likely N-dealkylation sites (N-methyl/N-ethyl adjacent to an activating group) is 1. The van der Waals surface area contributed by atoms with Crippen LogP contribution in [0.5, 0.6) is 0 Å². The summed E-state index contributed by atoms with van der Waals surface area (Å²) in [6.07, 6.45) is 3.31. The van der Waals surface area contributed by atoms with E-state index in [0.29, 0.717) is 12.8 Å². The van der Waals surface area contributed by atoms with Gasteiger partial charge in [0.25, 0.3) is 5.91 Å². The first-order valence-corrected chi connectivity index (χ1v) is 9.19. The Morgan fingerprint density at radius 3 is 2.38 bits per heavy atom. The SMILES string of the molecule is Cc1ccc(-c2ccccc2)cc1C1C(=O)N(C)OC2(CCCC2)C1=O. The highest BCUT2D eigenvalue weighted by molar-refractivity contribution is 6.11. The van der Waals surface area contributed by atoms with Crippen molar-refractivity contribution in [1.82, 2.24) is 5.06 Å². The fourth-order valence-corrected chi connectivity index (χ4v) is 4.23. The summed E-state index contributed by atoms with van der Waals surface area (Å²) in [7, 11) is 1.62. The fraction of sp³-hybridized carbons (Fsp3) is 0.364. The maximum Gasteiger partial charge on any atom is 0.261 e. The zero-order valence-corrected chi connectivity index (χ0v) is 15.2. The van der Waals surface area contributed by atoms with Crippen LogP contribution in [0.1, 0.15) is 42.7 Å². The molecule has 0 aromatic heterocycles. The van der Waals surface area contributed by atoms with E-state index in [1.165, 1.54) is 5.06 Å². The molecule has 4 rings (SSSR count). The number of hydrogen-bond acceptors (Lipinski definition) is 3. The molecule has 1 saturated carbocycles. The highest BCUT2D eigenvalue weighted by Gasteiger charge is 2.54. The number of aryl methyl sites for hydroxylation is 1. The van der Waals surface area contributed by atoms with Crippen molar-refractivity contribution in [3.63, 3.8) is 0 Å². The van der Waals surface area contributed by atoms with E-state index in [4.69, 9.17) is 4.84 Å². The number of carbonyl (C=O) groups excluding carboxylic acids is 2. The molecule has 1 amide bonds. The molecule has 4 nitrogen and oxygen atoms in total. The van der Waals surface area contributed by atoms with Crippen molar-refractivity contribution in [2.24, 2.45) is 0 Å². The van der Waals surface area contributed by atoms with Crippen LogP contribution in [0.2, 0.25) is 0 Å². The minimum absolute atomic E-state index is 0.0774. The van der Waals surface area contributed by atoms with E-state index in [2.05, 4.69) is 0 Å². The number of nitrogens with zero attached hydrogens (tertiary/aromatic N) is 1. The van der Waals surface area contributed by atoms with E-state index in [0.717, 1.165) is 35.1 Å². The summed E-state index contributed by atoms with van der Waals surface area (Å²) in [4.78, 5) is 32.0. The zero-order chi connectivity index (χ0) is 18.3. The van der Waals surface area contributed by atoms with Gasteiger partial charge in [0, 0.05) is 7.05 Å². The average Bonchev–Trinajstić information content (AvgIpc) is 3.12. The highest BCUT2D eigenvalue weighted by atomic mass is 16.7. The van der Waals surface area contributed by atoms with Crippen LogP contribution in [0.15, 0.2) is 48.5 Å². The van der Waals surface area contributed by atoms with Gasteiger partial charge >= 0.3 is 0 Å². The van der Waals surface area contributed by atoms with E-state index in [-0.39, 0.29) is 11.7 Å². The monoisotopic (exact) mass is 349 g/mol. The molecular weight excluding hydrogens is 326 g/mol. The number of Topliss-reactive ketones (excluding diaryl/α,β-unsaturated/α-hetero) is 1. The number of benzene rings is 2. The number of hydroxylamine groups is 2. The number of carbonyl (C=O) groups is 2. The lowest BCUT2D eigenvalue weighted by Gasteiger charge is -2.40. The summed E-state index contributed by atoms with van der Waals surface area (Å²) < 4.78 is 0. The van der Waals surface area contributed by atoms with Crippen LogP contribution in [-0.2, 0) is 14.4 Å². The first kappa shape index (κ1) is 17.0. The Kier molecular flexibility index (Phi) is 4.16. The third-order valence-electron chi connectivity index (χ3n) is 5.69. The van der Waals surface area contributed by atoms with Crippen LogP contribution in [-0.4, -0.2) is 29.4 Å². The smallest absolute Gasteiger partial charge is 0.261 e. The molecule has 1 spiro atoms. The number of rotatable bonds is 2. The normalized spacial score (nSPS) is 22.2. The molecule has 4 heteroatoms. The van der Waals surface area contributed by atoms with Crippen molar-refractivity contribution in [2.75, 3.05) is 7.05 Å². The Hall–Kier alpha value is -2.46. The van der Waals surface area contributed by atoms with Crippen LogP contribution >= 0.6 is 0 Å². The van der Waals surface area contributed by atoms with E-state index in [1.54, 1.807) is 7.05 Å². The third kappa shape index (κ3) is 2.65. The lowest BCUT2D eigenvalue weighted by Crippen LogP contribution is -2.56. The van der Waals surface area contributed by atoms with E-state index in [1.807, 2.05) is 55.5 Å². The van der Waals surface area contributed by atoms with Gasteiger partial charge in [-0.25, -0.2) is 5.06 Å². The van der Waals surface area contributed by atoms with Gasteiger partial charge in [-0.15, -0.1) is 0 Å². The maximum absolute atomic E-state index is 13.3. The van der Waals surface area contributed by atoms with Crippen molar-refractivity contribution in [3.8, 4) is 11.1 Å². The topological polar surface area (TPSA) is 46.6 Å². The second-order valence-electron chi connectivity index (χ2n) is 7.36. The molecule has 0 radical (unpaired) electrons. The first-order valence-electron chi connectivity index (χ1n) is 9.19. The number of ketones is 1. The van der Waals surface area contributed by atoms with E-state index >= 15 is 0 Å². The Bertz CT molecular complexity index is 853. The van der Waals surface area contributed by atoms with Gasteiger partial charge in [0.05, 0.1) is 0 Å². The molecule has 0 N–H and O–H groups in total. The molecule has 26 heavy (non-hydrogen) atoms. The molecule has 1 aliphatic carbocycles. The third-order valence-corrected chi connectivity index (χ3v) is 5.69. The molecule has 2 aromatic carbocycles. The van der Waals surface area contributed by atoms with E-state index < -0.39 is 11.5 Å². The summed E-state index contributed by atoms with van der Waals surface area (Å²) in [5.74, 6) is -1.14. The molecule has 0 bridgehead atoms. The summed E-state index contributed by atoms with van der Waals surface area (Å²) in [5.41, 5.74) is 3.01. The minimum atomic E-state index is -0.831. The van der Waals surface area contributed by atoms with Gasteiger partial charge in [-0.05, 0) is 60.9 Å². The molecule has 2 fully saturated rings. The molecule has 2 aromatic rings.